The summed E-state index contributed by atoms with van der Waals surface area (Å²) in [5, 5.41) is 2.59. The van der Waals surface area contributed by atoms with Crippen LogP contribution in [0.1, 0.15) is 17.9 Å². The van der Waals surface area contributed by atoms with E-state index in [9.17, 15) is 12.8 Å². The van der Waals surface area contributed by atoms with E-state index in [0.29, 0.717) is 0 Å². The fourth-order valence-electron chi connectivity index (χ4n) is 1.72. The highest BCUT2D eigenvalue weighted by molar-refractivity contribution is 7.90. The van der Waals surface area contributed by atoms with E-state index in [1.807, 2.05) is 0 Å². The van der Waals surface area contributed by atoms with Gasteiger partial charge in [-0.15, -0.1) is 0 Å². The second-order valence-electron chi connectivity index (χ2n) is 4.26. The third kappa shape index (κ3) is 2.46. The van der Waals surface area contributed by atoms with Crippen LogP contribution >= 0.6 is 0 Å². The van der Waals surface area contributed by atoms with E-state index in [1.54, 1.807) is 6.07 Å². The van der Waals surface area contributed by atoms with Crippen LogP contribution in [0, 0.1) is 5.82 Å². The number of nitrogens with two attached hydrogens (primary N) is 1. The molecule has 2 aromatic rings. The van der Waals surface area contributed by atoms with Gasteiger partial charge in [-0.3, -0.25) is 0 Å². The van der Waals surface area contributed by atoms with E-state index in [2.05, 4.69) is 5.16 Å². The average Bonchev–Trinajstić information content (AvgIpc) is 2.69. The lowest BCUT2D eigenvalue weighted by atomic mass is 10.0. The van der Waals surface area contributed by atoms with Gasteiger partial charge in [-0.1, -0.05) is 23.4 Å². The van der Waals surface area contributed by atoms with Gasteiger partial charge in [0.2, 0.25) is 0 Å². The number of rotatable bonds is 3. The molecule has 2 N–H and O–H groups in total. The van der Waals surface area contributed by atoms with Crippen LogP contribution in [-0.2, 0) is 9.84 Å². The number of aromatic nitrogens is 1. The number of nitrogen functional groups attached to an aromatic ring is 1. The Labute approximate surface area is 110 Å². The highest BCUT2D eigenvalue weighted by Gasteiger charge is 2.28. The molecule has 19 heavy (non-hydrogen) atoms. The topological polar surface area (TPSA) is 86.2 Å². The summed E-state index contributed by atoms with van der Waals surface area (Å²) < 4.78 is 41.9. The quantitative estimate of drug-likeness (QED) is 0.933. The van der Waals surface area contributed by atoms with Gasteiger partial charge in [0.15, 0.2) is 21.4 Å². The maximum atomic E-state index is 13.8. The largest absolute Gasteiger partial charge is 0.380 e. The zero-order chi connectivity index (χ0) is 14.2. The Morgan fingerprint density at radius 1 is 1.37 bits per heavy atom. The van der Waals surface area contributed by atoms with Crippen LogP contribution in [0.3, 0.4) is 0 Å². The summed E-state index contributed by atoms with van der Waals surface area (Å²) in [5.74, 6) is -0.500. The monoisotopic (exact) mass is 284 g/mol. The Bertz CT molecular complexity index is 710. The molecule has 0 aliphatic heterocycles. The van der Waals surface area contributed by atoms with Gasteiger partial charge in [-0.2, -0.15) is 0 Å². The molecule has 1 unspecified atom stereocenters. The van der Waals surface area contributed by atoms with Crippen LogP contribution < -0.4 is 5.73 Å². The molecule has 5 nitrogen and oxygen atoms in total. The van der Waals surface area contributed by atoms with Gasteiger partial charge >= 0.3 is 0 Å². The molecule has 0 saturated heterocycles. The summed E-state index contributed by atoms with van der Waals surface area (Å²) in [7, 11) is -3.40. The van der Waals surface area contributed by atoms with Crippen LogP contribution in [0.2, 0.25) is 0 Å². The molecule has 0 fully saturated rings. The predicted octanol–water partition coefficient (Wildman–Crippen LogP) is 2.17. The summed E-state index contributed by atoms with van der Waals surface area (Å²) in [4.78, 5) is 0. The Kier molecular flexibility index (Phi) is 3.32. The van der Waals surface area contributed by atoms with E-state index >= 15 is 0 Å². The Balaban J connectivity index is 2.66. The maximum absolute atomic E-state index is 13.8. The fraction of sp³-hybridized carbons (Fsp3) is 0.250. The first-order chi connectivity index (χ1) is 8.82. The molecular formula is C12H13FN2O3S. The van der Waals surface area contributed by atoms with Crippen molar-refractivity contribution < 1.29 is 17.3 Å². The molecular weight excluding hydrogens is 271 g/mol. The normalized spacial score (nSPS) is 13.4. The molecule has 0 aliphatic rings. The van der Waals surface area contributed by atoms with Crippen molar-refractivity contribution in [3.8, 4) is 11.1 Å². The van der Waals surface area contributed by atoms with Crippen molar-refractivity contribution in [3.05, 3.63) is 35.8 Å². The van der Waals surface area contributed by atoms with Crippen molar-refractivity contribution >= 4 is 15.7 Å². The van der Waals surface area contributed by atoms with Crippen LogP contribution in [0.25, 0.3) is 11.1 Å². The van der Waals surface area contributed by atoms with Crippen LogP contribution in [0.4, 0.5) is 10.2 Å². The number of nitrogens with zero attached hydrogens (tertiary/aromatic N) is 1. The second kappa shape index (κ2) is 4.65. The van der Waals surface area contributed by atoms with Gasteiger partial charge in [-0.05, 0) is 13.0 Å². The molecule has 0 radical (unpaired) electrons. The van der Waals surface area contributed by atoms with Gasteiger partial charge in [-0.25, -0.2) is 12.8 Å². The third-order valence-electron chi connectivity index (χ3n) is 2.90. The lowest BCUT2D eigenvalue weighted by Gasteiger charge is -2.08. The standard InChI is InChI=1S/C12H13FN2O3S/c1-7(19(2,16)17)11-10(12(14)15-18-11)8-5-3-4-6-9(8)13/h3-7H,1-2H3,(H2,14,15). The molecule has 1 aromatic carbocycles. The summed E-state index contributed by atoms with van der Waals surface area (Å²) in [6.07, 6.45) is 1.07. The molecule has 1 heterocycles. The molecule has 7 heteroatoms. The van der Waals surface area contributed by atoms with Crippen LogP contribution in [0.5, 0.6) is 0 Å². The Morgan fingerprint density at radius 2 is 2.00 bits per heavy atom. The SMILES string of the molecule is CC(c1onc(N)c1-c1ccccc1F)S(C)(=O)=O. The highest BCUT2D eigenvalue weighted by atomic mass is 32.2. The summed E-state index contributed by atoms with van der Waals surface area (Å²) in [6.45, 7) is 1.44. The molecule has 0 bridgehead atoms. The lowest BCUT2D eigenvalue weighted by Crippen LogP contribution is -2.08. The van der Waals surface area contributed by atoms with E-state index in [4.69, 9.17) is 10.3 Å². The summed E-state index contributed by atoms with van der Waals surface area (Å²) in [5.41, 5.74) is 6.02. The van der Waals surface area contributed by atoms with Gasteiger partial charge < -0.3 is 10.3 Å². The van der Waals surface area contributed by atoms with Gasteiger partial charge in [0.25, 0.3) is 0 Å². The minimum atomic E-state index is -3.40. The van der Waals surface area contributed by atoms with Crippen molar-refractivity contribution in [1.29, 1.82) is 0 Å². The molecule has 0 spiro atoms. The van der Waals surface area contributed by atoms with Crippen LogP contribution in [0.15, 0.2) is 28.8 Å². The first kappa shape index (κ1) is 13.5. The zero-order valence-electron chi connectivity index (χ0n) is 10.4. The molecule has 2 rings (SSSR count). The molecule has 0 aliphatic carbocycles. The van der Waals surface area contributed by atoms with Gasteiger partial charge in [0, 0.05) is 11.8 Å². The smallest absolute Gasteiger partial charge is 0.175 e. The minimum Gasteiger partial charge on any atom is -0.380 e. The summed E-state index contributed by atoms with van der Waals surface area (Å²) in [6, 6.07) is 5.91. The molecule has 0 saturated carbocycles. The molecule has 1 atom stereocenters. The van der Waals surface area contributed by atoms with Crippen LogP contribution in [-0.4, -0.2) is 19.8 Å². The van der Waals surface area contributed by atoms with Gasteiger partial charge in [0.1, 0.15) is 11.1 Å². The number of benzene rings is 1. The van der Waals surface area contributed by atoms with Crippen molar-refractivity contribution in [2.45, 2.75) is 12.2 Å². The molecule has 0 amide bonds. The predicted molar refractivity (Wildman–Crippen MR) is 69.6 cm³/mol. The number of halogens is 1. The molecule has 102 valence electrons. The maximum Gasteiger partial charge on any atom is 0.175 e. The minimum absolute atomic E-state index is 0.0319. The average molecular weight is 284 g/mol. The van der Waals surface area contributed by atoms with E-state index in [-0.39, 0.29) is 22.7 Å². The van der Waals surface area contributed by atoms with Crippen molar-refractivity contribution in [3.63, 3.8) is 0 Å². The first-order valence-electron chi connectivity index (χ1n) is 5.51. The third-order valence-corrected chi connectivity index (χ3v) is 4.40. The fourth-order valence-corrected chi connectivity index (χ4v) is 2.27. The first-order valence-corrected chi connectivity index (χ1v) is 7.46. The van der Waals surface area contributed by atoms with E-state index < -0.39 is 20.9 Å². The Morgan fingerprint density at radius 3 is 2.58 bits per heavy atom. The van der Waals surface area contributed by atoms with Crippen molar-refractivity contribution in [2.75, 3.05) is 12.0 Å². The zero-order valence-corrected chi connectivity index (χ0v) is 11.2. The Hall–Kier alpha value is -1.89. The van der Waals surface area contributed by atoms with E-state index in [0.717, 1.165) is 6.26 Å². The number of hydrogen-bond acceptors (Lipinski definition) is 5. The molecule has 1 aromatic heterocycles. The number of hydrogen-bond donors (Lipinski definition) is 1. The summed E-state index contributed by atoms with van der Waals surface area (Å²) >= 11 is 0. The number of anilines is 1. The van der Waals surface area contributed by atoms with Gasteiger partial charge in [0.05, 0.1) is 5.56 Å². The van der Waals surface area contributed by atoms with E-state index in [1.165, 1.54) is 25.1 Å². The lowest BCUT2D eigenvalue weighted by molar-refractivity contribution is 0.385. The van der Waals surface area contributed by atoms with Crippen molar-refractivity contribution in [1.82, 2.24) is 5.16 Å². The highest BCUT2D eigenvalue weighted by Crippen LogP contribution is 2.37. The van der Waals surface area contributed by atoms with Crippen molar-refractivity contribution in [2.24, 2.45) is 0 Å². The number of sulfone groups is 1. The second-order valence-corrected chi connectivity index (χ2v) is 6.62.